The molecule has 0 spiro atoms. The Labute approximate surface area is 150 Å². The zero-order valence-corrected chi connectivity index (χ0v) is 14.2. The highest BCUT2D eigenvalue weighted by Gasteiger charge is 2.08. The predicted molar refractivity (Wildman–Crippen MR) is 103 cm³/mol. The molecule has 5 heteroatoms. The number of hydrogen-bond donors (Lipinski definition) is 2. The maximum absolute atomic E-state index is 12.1. The Hall–Kier alpha value is -3.60. The first kappa shape index (κ1) is 15.9. The van der Waals surface area contributed by atoms with Crippen LogP contribution in [-0.2, 0) is 0 Å². The number of carbonyl (C=O) groups is 1. The third kappa shape index (κ3) is 3.42. The molecule has 0 radical (unpaired) electrons. The molecule has 1 aromatic heterocycles. The molecule has 4 aromatic rings. The molecule has 0 saturated heterocycles. The molecule has 5 nitrogen and oxygen atoms in total. The number of rotatable bonds is 3. The number of para-hydroxylation sites is 2. The second-order valence-electron chi connectivity index (χ2n) is 6.01. The molecule has 0 fully saturated rings. The Kier molecular flexibility index (Phi) is 4.11. The molecule has 1 heterocycles. The summed E-state index contributed by atoms with van der Waals surface area (Å²) in [5.74, 6) is 0.557. The predicted octanol–water partition coefficient (Wildman–Crippen LogP) is 5.45. The first-order valence-corrected chi connectivity index (χ1v) is 8.28. The van der Waals surface area contributed by atoms with Gasteiger partial charge in [-0.25, -0.2) is 9.78 Å². The minimum Gasteiger partial charge on any atom is -0.436 e. The minimum absolute atomic E-state index is 0.287. The van der Waals surface area contributed by atoms with Gasteiger partial charge >= 0.3 is 6.03 Å². The van der Waals surface area contributed by atoms with Crippen LogP contribution in [-0.4, -0.2) is 11.0 Å². The van der Waals surface area contributed by atoms with Crippen molar-refractivity contribution in [2.75, 3.05) is 10.6 Å². The van der Waals surface area contributed by atoms with Gasteiger partial charge in [-0.3, -0.25) is 0 Å². The Morgan fingerprint density at radius 1 is 0.885 bits per heavy atom. The average Bonchev–Trinajstić information content (AvgIpc) is 3.06. The van der Waals surface area contributed by atoms with Crippen LogP contribution in [0.4, 0.5) is 16.2 Å². The van der Waals surface area contributed by atoms with Gasteiger partial charge in [-0.1, -0.05) is 24.3 Å². The Morgan fingerprint density at radius 2 is 1.65 bits per heavy atom. The van der Waals surface area contributed by atoms with E-state index in [4.69, 9.17) is 4.42 Å². The van der Waals surface area contributed by atoms with Crippen molar-refractivity contribution in [3.8, 4) is 11.5 Å². The van der Waals surface area contributed by atoms with E-state index >= 15 is 0 Å². The second kappa shape index (κ2) is 6.72. The van der Waals surface area contributed by atoms with Crippen molar-refractivity contribution in [3.05, 3.63) is 78.4 Å². The number of anilines is 2. The van der Waals surface area contributed by atoms with Gasteiger partial charge in [-0.15, -0.1) is 0 Å². The summed E-state index contributed by atoms with van der Waals surface area (Å²) in [4.78, 5) is 16.6. The van der Waals surface area contributed by atoms with Gasteiger partial charge in [-0.05, 0) is 61.0 Å². The number of carbonyl (C=O) groups excluding carboxylic acids is 1. The summed E-state index contributed by atoms with van der Waals surface area (Å²) in [5.41, 5.74) is 4.96. The second-order valence-corrected chi connectivity index (χ2v) is 6.01. The highest BCUT2D eigenvalue weighted by molar-refractivity contribution is 5.99. The van der Waals surface area contributed by atoms with Crippen LogP contribution in [0.5, 0.6) is 0 Å². The first-order chi connectivity index (χ1) is 12.7. The molecule has 0 bridgehead atoms. The molecule has 0 saturated carbocycles. The van der Waals surface area contributed by atoms with Crippen LogP contribution in [0.2, 0.25) is 0 Å². The lowest BCUT2D eigenvalue weighted by molar-refractivity contribution is 0.262. The largest absolute Gasteiger partial charge is 0.436 e. The van der Waals surface area contributed by atoms with Crippen molar-refractivity contribution in [2.24, 2.45) is 0 Å². The van der Waals surface area contributed by atoms with Crippen LogP contribution < -0.4 is 10.6 Å². The summed E-state index contributed by atoms with van der Waals surface area (Å²) in [7, 11) is 0. The first-order valence-electron chi connectivity index (χ1n) is 8.28. The SMILES string of the molecule is Cc1cccc(NC(=O)Nc2ccc(-c3nc4ccccc4o3)cc2)c1. The quantitative estimate of drug-likeness (QED) is 0.520. The van der Waals surface area contributed by atoms with Gasteiger partial charge in [0.2, 0.25) is 5.89 Å². The number of aromatic nitrogens is 1. The van der Waals surface area contributed by atoms with Crippen LogP contribution in [0.1, 0.15) is 5.56 Å². The summed E-state index contributed by atoms with van der Waals surface area (Å²) in [5, 5.41) is 5.63. The van der Waals surface area contributed by atoms with E-state index in [-0.39, 0.29) is 6.03 Å². The Balaban J connectivity index is 1.46. The normalized spacial score (nSPS) is 10.7. The van der Waals surface area contributed by atoms with Gasteiger partial charge in [0.25, 0.3) is 0 Å². The maximum Gasteiger partial charge on any atom is 0.323 e. The standard InChI is InChI=1S/C21H17N3O2/c1-14-5-4-6-17(13-14)23-21(25)22-16-11-9-15(10-12-16)20-24-18-7-2-3-8-19(18)26-20/h2-13H,1H3,(H2,22,23,25). The average molecular weight is 343 g/mol. The molecule has 0 aliphatic carbocycles. The Morgan fingerprint density at radius 3 is 2.42 bits per heavy atom. The number of oxazole rings is 1. The van der Waals surface area contributed by atoms with Gasteiger partial charge < -0.3 is 15.1 Å². The van der Waals surface area contributed by atoms with Gasteiger partial charge in [-0.2, -0.15) is 0 Å². The van der Waals surface area contributed by atoms with E-state index in [0.29, 0.717) is 11.6 Å². The molecule has 0 unspecified atom stereocenters. The highest BCUT2D eigenvalue weighted by Crippen LogP contribution is 2.25. The fourth-order valence-electron chi connectivity index (χ4n) is 2.71. The van der Waals surface area contributed by atoms with Crippen LogP contribution in [0.3, 0.4) is 0 Å². The van der Waals surface area contributed by atoms with Gasteiger partial charge in [0, 0.05) is 16.9 Å². The zero-order valence-electron chi connectivity index (χ0n) is 14.2. The van der Waals surface area contributed by atoms with Crippen molar-refractivity contribution in [3.63, 3.8) is 0 Å². The topological polar surface area (TPSA) is 67.2 Å². The summed E-state index contributed by atoms with van der Waals surface area (Å²) in [6, 6.07) is 22.4. The molecule has 2 N–H and O–H groups in total. The highest BCUT2D eigenvalue weighted by atomic mass is 16.3. The smallest absolute Gasteiger partial charge is 0.323 e. The van der Waals surface area contributed by atoms with E-state index in [1.807, 2.05) is 79.7 Å². The van der Waals surface area contributed by atoms with Gasteiger partial charge in [0.15, 0.2) is 5.58 Å². The summed E-state index contributed by atoms with van der Waals surface area (Å²) >= 11 is 0. The lowest BCUT2D eigenvalue weighted by atomic mass is 10.2. The van der Waals surface area contributed by atoms with E-state index in [2.05, 4.69) is 15.6 Å². The van der Waals surface area contributed by atoms with Crippen LogP contribution in [0.15, 0.2) is 77.2 Å². The molecular weight excluding hydrogens is 326 g/mol. The third-order valence-electron chi connectivity index (χ3n) is 3.96. The number of urea groups is 1. The van der Waals surface area contributed by atoms with E-state index in [1.165, 1.54) is 0 Å². The van der Waals surface area contributed by atoms with E-state index in [9.17, 15) is 4.79 Å². The van der Waals surface area contributed by atoms with Crippen molar-refractivity contribution in [1.29, 1.82) is 0 Å². The number of amides is 2. The molecule has 0 aliphatic heterocycles. The lowest BCUT2D eigenvalue weighted by Gasteiger charge is -2.08. The molecule has 26 heavy (non-hydrogen) atoms. The number of fused-ring (bicyclic) bond motifs is 1. The number of hydrogen-bond acceptors (Lipinski definition) is 3. The Bertz CT molecular complexity index is 1040. The maximum atomic E-state index is 12.1. The fraction of sp³-hybridized carbons (Fsp3) is 0.0476. The zero-order chi connectivity index (χ0) is 17.9. The lowest BCUT2D eigenvalue weighted by Crippen LogP contribution is -2.19. The molecule has 3 aromatic carbocycles. The fourth-order valence-corrected chi connectivity index (χ4v) is 2.71. The molecule has 2 amide bonds. The number of aryl methyl sites for hydroxylation is 1. The van der Waals surface area contributed by atoms with Gasteiger partial charge in [0.1, 0.15) is 5.52 Å². The molecule has 4 rings (SSSR count). The molecule has 0 aliphatic rings. The van der Waals surface area contributed by atoms with E-state index in [1.54, 1.807) is 0 Å². The molecule has 0 atom stereocenters. The van der Waals surface area contributed by atoms with Crippen LogP contribution in [0, 0.1) is 6.92 Å². The van der Waals surface area contributed by atoms with E-state index in [0.717, 1.165) is 27.9 Å². The van der Waals surface area contributed by atoms with Crippen molar-refractivity contribution in [1.82, 2.24) is 4.98 Å². The van der Waals surface area contributed by atoms with Gasteiger partial charge in [0.05, 0.1) is 0 Å². The van der Waals surface area contributed by atoms with Crippen molar-refractivity contribution >= 4 is 28.5 Å². The number of nitrogens with zero attached hydrogens (tertiary/aromatic N) is 1. The van der Waals surface area contributed by atoms with Crippen LogP contribution in [0.25, 0.3) is 22.6 Å². The summed E-state index contributed by atoms with van der Waals surface area (Å²) in [6.45, 7) is 1.98. The van der Waals surface area contributed by atoms with Crippen molar-refractivity contribution in [2.45, 2.75) is 6.92 Å². The van der Waals surface area contributed by atoms with E-state index < -0.39 is 0 Å². The number of benzene rings is 3. The monoisotopic (exact) mass is 343 g/mol. The number of nitrogens with one attached hydrogen (secondary N) is 2. The third-order valence-corrected chi connectivity index (χ3v) is 3.96. The minimum atomic E-state index is -0.287. The summed E-state index contributed by atoms with van der Waals surface area (Å²) < 4.78 is 5.75. The van der Waals surface area contributed by atoms with Crippen molar-refractivity contribution < 1.29 is 9.21 Å². The molecule has 128 valence electrons. The van der Waals surface area contributed by atoms with Crippen LogP contribution >= 0.6 is 0 Å². The summed E-state index contributed by atoms with van der Waals surface area (Å²) in [6.07, 6.45) is 0. The molecular formula is C21H17N3O2.